The number of likely N-dealkylation sites (tertiary alicyclic amines) is 1. The molecule has 2 fully saturated rings. The van der Waals surface area contributed by atoms with Crippen LogP contribution in [0.15, 0.2) is 12.1 Å². The molecule has 5 N–H and O–H groups in total. The van der Waals surface area contributed by atoms with Crippen molar-refractivity contribution in [3.8, 4) is 17.3 Å². The number of pyridine rings is 1. The molecule has 2 atom stereocenters. The van der Waals surface area contributed by atoms with Crippen LogP contribution < -0.4 is 26.4 Å². The molecule has 10 nitrogen and oxygen atoms in total. The minimum Gasteiger partial charge on any atom is -0.462 e. The summed E-state index contributed by atoms with van der Waals surface area (Å²) in [6.07, 6.45) is -2.89. The number of nitrogen functional groups attached to an aromatic ring is 1. The maximum absolute atomic E-state index is 16.4. The van der Waals surface area contributed by atoms with Gasteiger partial charge in [0.2, 0.25) is 5.91 Å². The number of hydrogen-bond donors (Lipinski definition) is 3. The average Bonchev–Trinajstić information content (AvgIpc) is 3.30. The summed E-state index contributed by atoms with van der Waals surface area (Å²) in [4.78, 5) is 28.3. The van der Waals surface area contributed by atoms with Gasteiger partial charge >= 0.3 is 12.2 Å². The van der Waals surface area contributed by atoms with Crippen LogP contribution in [0.4, 0.5) is 29.2 Å². The Kier molecular flexibility index (Phi) is 8.32. The van der Waals surface area contributed by atoms with Crippen LogP contribution in [-0.2, 0) is 11.0 Å². The molecule has 1 amide bonds. The first-order valence-electron chi connectivity index (χ1n) is 13.5. The summed E-state index contributed by atoms with van der Waals surface area (Å²) >= 11 is 6.51. The SMILES string of the molecule is Cc1cc(N)nc(-c2c(Cl)cc3c(N4CCNC(CC(N)=O)C4)nc(OCC4CCCN4C)nc3c2F)c1C(F)(F)F. The molecule has 226 valence electrons. The highest BCUT2D eigenvalue weighted by atomic mass is 35.5. The second-order valence-electron chi connectivity index (χ2n) is 10.7. The molecule has 0 spiro atoms. The van der Waals surface area contributed by atoms with Crippen molar-refractivity contribution >= 4 is 40.0 Å². The maximum Gasteiger partial charge on any atom is 0.418 e. The Hall–Kier alpha value is -3.49. The Morgan fingerprint density at radius 1 is 1.24 bits per heavy atom. The second-order valence-corrected chi connectivity index (χ2v) is 11.1. The van der Waals surface area contributed by atoms with Gasteiger partial charge in [0.1, 0.15) is 23.8 Å². The first-order chi connectivity index (χ1) is 19.8. The zero-order valence-electron chi connectivity index (χ0n) is 23.1. The van der Waals surface area contributed by atoms with Gasteiger partial charge in [0.25, 0.3) is 0 Å². The van der Waals surface area contributed by atoms with Crippen molar-refractivity contribution in [3.63, 3.8) is 0 Å². The van der Waals surface area contributed by atoms with Gasteiger partial charge in [0, 0.05) is 43.5 Å². The van der Waals surface area contributed by atoms with Crippen LogP contribution in [-0.4, -0.2) is 77.7 Å². The number of nitrogens with zero attached hydrogens (tertiary/aromatic N) is 5. The highest BCUT2D eigenvalue weighted by molar-refractivity contribution is 6.34. The highest BCUT2D eigenvalue weighted by Crippen LogP contribution is 2.44. The number of primary amides is 1. The molecule has 0 saturated carbocycles. The molecule has 2 unspecified atom stereocenters. The third kappa shape index (κ3) is 6.01. The Labute approximate surface area is 244 Å². The number of fused-ring (bicyclic) bond motifs is 1. The maximum atomic E-state index is 16.4. The molecule has 2 aliphatic rings. The zero-order valence-corrected chi connectivity index (χ0v) is 23.8. The third-order valence-electron chi connectivity index (χ3n) is 7.68. The van der Waals surface area contributed by atoms with E-state index in [1.165, 1.54) is 13.0 Å². The van der Waals surface area contributed by atoms with Crippen molar-refractivity contribution in [1.29, 1.82) is 0 Å². The van der Waals surface area contributed by atoms with E-state index in [1.807, 2.05) is 11.9 Å². The van der Waals surface area contributed by atoms with Gasteiger partial charge in [-0.1, -0.05) is 11.6 Å². The van der Waals surface area contributed by atoms with Crippen molar-refractivity contribution in [2.45, 2.75) is 44.4 Å². The first-order valence-corrected chi connectivity index (χ1v) is 13.8. The van der Waals surface area contributed by atoms with E-state index in [0.717, 1.165) is 25.5 Å². The number of piperazine rings is 1. The van der Waals surface area contributed by atoms with E-state index >= 15 is 4.39 Å². The van der Waals surface area contributed by atoms with E-state index in [2.05, 4.69) is 25.2 Å². The third-order valence-corrected chi connectivity index (χ3v) is 7.98. The minimum atomic E-state index is -4.86. The summed E-state index contributed by atoms with van der Waals surface area (Å²) in [5.74, 6) is -1.56. The van der Waals surface area contributed by atoms with E-state index in [4.69, 9.17) is 27.8 Å². The number of amides is 1. The number of ether oxygens (including phenoxy) is 1. The number of alkyl halides is 3. The number of nitrogens with one attached hydrogen (secondary N) is 1. The Morgan fingerprint density at radius 2 is 2.00 bits per heavy atom. The van der Waals surface area contributed by atoms with Crippen molar-refractivity contribution in [1.82, 2.24) is 25.2 Å². The van der Waals surface area contributed by atoms with Crippen molar-refractivity contribution in [3.05, 3.63) is 34.1 Å². The zero-order chi connectivity index (χ0) is 30.3. The number of carbonyl (C=O) groups excluding carboxylic acids is 1. The standard InChI is InChI=1S/C27H31ClF4N8O2/c1-13-8-18(33)36-24(21(13)27(30,31)32)20-17(28)10-16-23(22(20)29)37-26(42-12-15-4-3-6-39(15)2)38-25(16)40-7-5-35-14(11-40)9-19(34)41/h8,10,14-15,35H,3-7,9,11-12H2,1-2H3,(H2,33,36)(H2,34,41). The van der Waals surface area contributed by atoms with Gasteiger partial charge in [0.05, 0.1) is 21.8 Å². The van der Waals surface area contributed by atoms with E-state index < -0.39 is 34.7 Å². The lowest BCUT2D eigenvalue weighted by Crippen LogP contribution is -2.52. The lowest BCUT2D eigenvalue weighted by Gasteiger charge is -2.34. The van der Waals surface area contributed by atoms with E-state index in [9.17, 15) is 18.0 Å². The lowest BCUT2D eigenvalue weighted by atomic mass is 9.99. The summed E-state index contributed by atoms with van der Waals surface area (Å²) in [6, 6.07) is 2.06. The summed E-state index contributed by atoms with van der Waals surface area (Å²) in [7, 11) is 1.97. The van der Waals surface area contributed by atoms with Gasteiger partial charge in [0.15, 0.2) is 5.82 Å². The molecule has 5 rings (SSSR count). The number of carbonyl (C=O) groups is 1. The number of likely N-dealkylation sites (N-methyl/N-ethyl adjacent to an activating group) is 1. The number of rotatable bonds is 7. The molecule has 0 bridgehead atoms. The van der Waals surface area contributed by atoms with Gasteiger partial charge in [-0.2, -0.15) is 23.1 Å². The topological polar surface area (TPSA) is 136 Å². The van der Waals surface area contributed by atoms with Crippen molar-refractivity contribution in [2.24, 2.45) is 5.73 Å². The van der Waals surface area contributed by atoms with Crippen LogP contribution in [0, 0.1) is 12.7 Å². The van der Waals surface area contributed by atoms with Crippen molar-refractivity contribution in [2.75, 3.05) is 50.5 Å². The summed E-state index contributed by atoms with van der Waals surface area (Å²) in [5, 5.41) is 3.06. The summed E-state index contributed by atoms with van der Waals surface area (Å²) < 4.78 is 64.8. The number of halogens is 5. The molecule has 42 heavy (non-hydrogen) atoms. The van der Waals surface area contributed by atoms with E-state index in [1.54, 1.807) is 0 Å². The monoisotopic (exact) mass is 610 g/mol. The van der Waals surface area contributed by atoms with Crippen LogP contribution in [0.5, 0.6) is 6.01 Å². The molecule has 1 aromatic carbocycles. The van der Waals surface area contributed by atoms with Crippen LogP contribution in [0.3, 0.4) is 0 Å². The summed E-state index contributed by atoms with van der Waals surface area (Å²) in [6.45, 7) is 3.57. The second kappa shape index (κ2) is 11.7. The fraction of sp³-hybridized carbons (Fsp3) is 0.481. The number of hydrogen-bond acceptors (Lipinski definition) is 9. The molecule has 4 heterocycles. The minimum absolute atomic E-state index is 0.0663. The quantitative estimate of drug-likeness (QED) is 0.343. The number of benzene rings is 1. The molecule has 15 heteroatoms. The molecule has 2 aliphatic heterocycles. The molecule has 2 aromatic heterocycles. The molecule has 0 radical (unpaired) electrons. The van der Waals surface area contributed by atoms with Crippen LogP contribution in [0.1, 0.15) is 30.4 Å². The molecular formula is C27H31ClF4N8O2. The Bertz CT molecular complexity index is 1520. The normalized spacial score (nSPS) is 19.9. The van der Waals surface area contributed by atoms with E-state index in [0.29, 0.717) is 19.6 Å². The number of aromatic nitrogens is 3. The molecule has 3 aromatic rings. The van der Waals surface area contributed by atoms with Gasteiger partial charge in [-0.3, -0.25) is 4.79 Å². The number of nitrogens with two attached hydrogens (primary N) is 2. The van der Waals surface area contributed by atoms with E-state index in [-0.39, 0.29) is 64.2 Å². The fourth-order valence-electron chi connectivity index (χ4n) is 5.68. The molecule has 0 aliphatic carbocycles. The lowest BCUT2D eigenvalue weighted by molar-refractivity contribution is -0.137. The Morgan fingerprint density at radius 3 is 2.67 bits per heavy atom. The smallest absolute Gasteiger partial charge is 0.418 e. The molecular weight excluding hydrogens is 580 g/mol. The van der Waals surface area contributed by atoms with Crippen LogP contribution >= 0.6 is 11.6 Å². The van der Waals surface area contributed by atoms with Gasteiger partial charge in [-0.05, 0) is 51.1 Å². The highest BCUT2D eigenvalue weighted by Gasteiger charge is 2.39. The fourth-order valence-corrected chi connectivity index (χ4v) is 5.96. The largest absolute Gasteiger partial charge is 0.462 e. The van der Waals surface area contributed by atoms with Crippen molar-refractivity contribution < 1.29 is 27.1 Å². The first kappa shape index (κ1) is 30.0. The van der Waals surface area contributed by atoms with Crippen LogP contribution in [0.25, 0.3) is 22.2 Å². The van der Waals surface area contributed by atoms with Gasteiger partial charge in [-0.25, -0.2) is 9.37 Å². The van der Waals surface area contributed by atoms with Gasteiger partial charge in [-0.15, -0.1) is 0 Å². The summed E-state index contributed by atoms with van der Waals surface area (Å²) in [5.41, 5.74) is 8.21. The van der Waals surface area contributed by atoms with Crippen LogP contribution in [0.2, 0.25) is 5.02 Å². The average molecular weight is 611 g/mol. The van der Waals surface area contributed by atoms with Gasteiger partial charge < -0.3 is 31.3 Å². The predicted octanol–water partition coefficient (Wildman–Crippen LogP) is 3.52. The predicted molar refractivity (Wildman–Crippen MR) is 151 cm³/mol. The Balaban J connectivity index is 1.68. The number of anilines is 2. The number of aryl methyl sites for hydroxylation is 1. The molecule has 2 saturated heterocycles.